The van der Waals surface area contributed by atoms with Crippen molar-refractivity contribution >= 4 is 28.6 Å². The fourth-order valence-electron chi connectivity index (χ4n) is 4.12. The van der Waals surface area contributed by atoms with E-state index in [9.17, 15) is 9.59 Å². The average Bonchev–Trinajstić information content (AvgIpc) is 3.25. The van der Waals surface area contributed by atoms with E-state index < -0.39 is 0 Å². The van der Waals surface area contributed by atoms with E-state index in [2.05, 4.69) is 24.1 Å². The minimum atomic E-state index is -0.130. The maximum Gasteiger partial charge on any atom is 0.262 e. The predicted octanol–water partition coefficient (Wildman–Crippen LogP) is 4.07. The lowest BCUT2D eigenvalue weighted by Gasteiger charge is -2.34. The predicted molar refractivity (Wildman–Crippen MR) is 119 cm³/mol. The van der Waals surface area contributed by atoms with E-state index in [4.69, 9.17) is 4.42 Å². The maximum atomic E-state index is 13.1. The van der Waals surface area contributed by atoms with Gasteiger partial charge in [-0.1, -0.05) is 50.6 Å². The number of aromatic nitrogens is 2. The highest BCUT2D eigenvalue weighted by atomic mass is 32.2. The third kappa shape index (κ3) is 4.46. The van der Waals surface area contributed by atoms with Gasteiger partial charge in [0.05, 0.1) is 29.5 Å². The molecule has 3 unspecified atom stereocenters. The summed E-state index contributed by atoms with van der Waals surface area (Å²) in [6, 6.07) is 11.1. The molecule has 1 N–H and O–H groups in total. The van der Waals surface area contributed by atoms with Gasteiger partial charge in [-0.2, -0.15) is 0 Å². The van der Waals surface area contributed by atoms with Crippen LogP contribution in [0.25, 0.3) is 10.9 Å². The number of fused-ring (bicyclic) bond motifs is 1. The average molecular weight is 426 g/mol. The topological polar surface area (TPSA) is 77.1 Å². The Morgan fingerprint density at radius 3 is 2.87 bits per heavy atom. The molecule has 1 aliphatic rings. The molecule has 30 heavy (non-hydrogen) atoms. The summed E-state index contributed by atoms with van der Waals surface area (Å²) < 4.78 is 7.02. The van der Waals surface area contributed by atoms with Gasteiger partial charge >= 0.3 is 0 Å². The molecule has 2 aromatic heterocycles. The quantitative estimate of drug-likeness (QED) is 0.476. The first-order chi connectivity index (χ1) is 14.5. The molecule has 0 radical (unpaired) electrons. The molecule has 1 amide bonds. The van der Waals surface area contributed by atoms with Crippen LogP contribution < -0.4 is 10.9 Å². The number of amides is 1. The molecule has 6 nitrogen and oxygen atoms in total. The van der Waals surface area contributed by atoms with Gasteiger partial charge in [-0.05, 0) is 42.5 Å². The molecule has 2 heterocycles. The van der Waals surface area contributed by atoms with E-state index in [1.54, 1.807) is 23.0 Å². The summed E-state index contributed by atoms with van der Waals surface area (Å²) in [5.74, 6) is 1.98. The van der Waals surface area contributed by atoms with Crippen LogP contribution in [0.3, 0.4) is 0 Å². The number of benzene rings is 1. The first-order valence-corrected chi connectivity index (χ1v) is 11.5. The number of para-hydroxylation sites is 1. The summed E-state index contributed by atoms with van der Waals surface area (Å²) in [5.41, 5.74) is 0.505. The summed E-state index contributed by atoms with van der Waals surface area (Å²) in [7, 11) is 0. The number of rotatable bonds is 6. The lowest BCUT2D eigenvalue weighted by Crippen LogP contribution is -2.44. The Morgan fingerprint density at radius 1 is 1.23 bits per heavy atom. The number of carbonyl (C=O) groups is 1. The molecular formula is C23H27N3O3S. The Labute approximate surface area is 180 Å². The molecule has 158 valence electrons. The summed E-state index contributed by atoms with van der Waals surface area (Å²) in [6.07, 6.45) is 4.99. The van der Waals surface area contributed by atoms with Gasteiger partial charge in [-0.3, -0.25) is 14.2 Å². The smallest absolute Gasteiger partial charge is 0.262 e. The molecule has 1 saturated carbocycles. The lowest BCUT2D eigenvalue weighted by molar-refractivity contribution is -0.120. The first kappa shape index (κ1) is 20.7. The Balaban J connectivity index is 1.54. The van der Waals surface area contributed by atoms with Crippen molar-refractivity contribution in [2.24, 2.45) is 11.8 Å². The van der Waals surface area contributed by atoms with Gasteiger partial charge in [0.2, 0.25) is 5.91 Å². The number of nitrogens with zero attached hydrogens (tertiary/aromatic N) is 2. The van der Waals surface area contributed by atoms with Gasteiger partial charge in [-0.15, -0.1) is 0 Å². The van der Waals surface area contributed by atoms with E-state index >= 15 is 0 Å². The van der Waals surface area contributed by atoms with Crippen LogP contribution in [0, 0.1) is 11.8 Å². The van der Waals surface area contributed by atoms with E-state index in [-0.39, 0.29) is 29.8 Å². The monoisotopic (exact) mass is 425 g/mol. The number of furan rings is 1. The van der Waals surface area contributed by atoms with Crippen LogP contribution in [0.5, 0.6) is 0 Å². The SMILES string of the molecule is CC1CCCC(NC(=O)CSc2nc3ccccc3c(=O)n2Cc2ccco2)C1C. The van der Waals surface area contributed by atoms with Crippen molar-refractivity contribution in [1.82, 2.24) is 14.9 Å². The fraction of sp³-hybridized carbons (Fsp3) is 0.435. The molecule has 1 aromatic carbocycles. The highest BCUT2D eigenvalue weighted by Gasteiger charge is 2.28. The van der Waals surface area contributed by atoms with E-state index in [1.807, 2.05) is 24.3 Å². The number of thioether (sulfide) groups is 1. The van der Waals surface area contributed by atoms with Crippen molar-refractivity contribution < 1.29 is 9.21 Å². The fourth-order valence-corrected chi connectivity index (χ4v) is 4.93. The van der Waals surface area contributed by atoms with Crippen molar-refractivity contribution in [3.63, 3.8) is 0 Å². The highest BCUT2D eigenvalue weighted by molar-refractivity contribution is 7.99. The molecule has 0 spiro atoms. The Kier molecular flexibility index (Phi) is 6.27. The lowest BCUT2D eigenvalue weighted by atomic mass is 9.78. The molecule has 3 atom stereocenters. The Hall–Kier alpha value is -2.54. The second kappa shape index (κ2) is 9.08. The number of hydrogen-bond donors (Lipinski definition) is 1. The normalized spacial score (nSPS) is 21.6. The summed E-state index contributed by atoms with van der Waals surface area (Å²) >= 11 is 1.29. The number of nitrogens with one attached hydrogen (secondary N) is 1. The van der Waals surface area contributed by atoms with Crippen LogP contribution >= 0.6 is 11.8 Å². The van der Waals surface area contributed by atoms with E-state index in [0.29, 0.717) is 33.7 Å². The van der Waals surface area contributed by atoms with Crippen LogP contribution in [0.2, 0.25) is 0 Å². The molecular weight excluding hydrogens is 398 g/mol. The van der Waals surface area contributed by atoms with Crippen molar-refractivity contribution in [1.29, 1.82) is 0 Å². The van der Waals surface area contributed by atoms with Crippen LogP contribution in [0.4, 0.5) is 0 Å². The van der Waals surface area contributed by atoms with Crippen molar-refractivity contribution in [3.05, 3.63) is 58.8 Å². The zero-order chi connectivity index (χ0) is 21.1. The maximum absolute atomic E-state index is 13.1. The van der Waals surface area contributed by atoms with Crippen molar-refractivity contribution in [2.75, 3.05) is 5.75 Å². The molecule has 0 bridgehead atoms. The van der Waals surface area contributed by atoms with Gasteiger partial charge in [0.15, 0.2) is 5.16 Å². The molecule has 1 fully saturated rings. The molecule has 0 aliphatic heterocycles. The Bertz CT molecular complexity index is 1080. The largest absolute Gasteiger partial charge is 0.467 e. The summed E-state index contributed by atoms with van der Waals surface area (Å²) in [5, 5.41) is 4.27. The Morgan fingerprint density at radius 2 is 2.07 bits per heavy atom. The standard InChI is InChI=1S/C23H27N3O3S/c1-15-7-5-11-19(16(15)2)24-21(27)14-30-23-25-20-10-4-3-9-18(20)22(28)26(23)13-17-8-6-12-29-17/h3-4,6,8-10,12,15-16,19H,5,7,11,13-14H2,1-2H3,(H,24,27). The van der Waals surface area contributed by atoms with Crippen molar-refractivity contribution in [3.8, 4) is 0 Å². The van der Waals surface area contributed by atoms with Crippen LogP contribution in [-0.2, 0) is 11.3 Å². The highest BCUT2D eigenvalue weighted by Crippen LogP contribution is 2.29. The molecule has 1 aliphatic carbocycles. The minimum Gasteiger partial charge on any atom is -0.467 e. The number of carbonyl (C=O) groups excluding carboxylic acids is 1. The second-order valence-electron chi connectivity index (χ2n) is 8.11. The third-order valence-electron chi connectivity index (χ3n) is 6.11. The summed E-state index contributed by atoms with van der Waals surface area (Å²) in [6.45, 7) is 4.75. The third-order valence-corrected chi connectivity index (χ3v) is 7.08. The van der Waals surface area contributed by atoms with Crippen LogP contribution in [0.15, 0.2) is 57.0 Å². The number of hydrogen-bond acceptors (Lipinski definition) is 5. The van der Waals surface area contributed by atoms with Crippen molar-refractivity contribution in [2.45, 2.75) is 50.9 Å². The van der Waals surface area contributed by atoms with Crippen LogP contribution in [-0.4, -0.2) is 27.3 Å². The minimum absolute atomic E-state index is 0.0158. The van der Waals surface area contributed by atoms with Gasteiger partial charge in [0.25, 0.3) is 5.56 Å². The van der Waals surface area contributed by atoms with E-state index in [1.165, 1.54) is 18.2 Å². The zero-order valence-corrected chi connectivity index (χ0v) is 18.2. The molecule has 7 heteroatoms. The zero-order valence-electron chi connectivity index (χ0n) is 17.3. The molecule has 3 aromatic rings. The van der Waals surface area contributed by atoms with E-state index in [0.717, 1.165) is 12.8 Å². The van der Waals surface area contributed by atoms with Crippen LogP contribution in [0.1, 0.15) is 38.9 Å². The van der Waals surface area contributed by atoms with Gasteiger partial charge < -0.3 is 9.73 Å². The molecule has 4 rings (SSSR count). The van der Waals surface area contributed by atoms with Gasteiger partial charge in [0.1, 0.15) is 5.76 Å². The molecule has 0 saturated heterocycles. The van der Waals surface area contributed by atoms with Gasteiger partial charge in [-0.25, -0.2) is 4.98 Å². The summed E-state index contributed by atoms with van der Waals surface area (Å²) in [4.78, 5) is 30.4. The second-order valence-corrected chi connectivity index (χ2v) is 9.05. The first-order valence-electron chi connectivity index (χ1n) is 10.5. The van der Waals surface area contributed by atoms with Gasteiger partial charge in [0, 0.05) is 6.04 Å².